The molecule has 0 bridgehead atoms. The Morgan fingerprint density at radius 2 is 2.18 bits per heavy atom. The highest BCUT2D eigenvalue weighted by molar-refractivity contribution is 5.53. The molecular formula is C10H19N. The maximum Gasteiger partial charge on any atom is 0.0566 e. The van der Waals surface area contributed by atoms with Gasteiger partial charge in [-0.15, -0.1) is 0 Å². The van der Waals surface area contributed by atoms with E-state index in [4.69, 9.17) is 0 Å². The van der Waals surface area contributed by atoms with E-state index in [0.29, 0.717) is 5.92 Å². The Bertz CT molecular complexity index is 125. The quantitative estimate of drug-likeness (QED) is 0.425. The molecule has 0 radical (unpaired) electrons. The van der Waals surface area contributed by atoms with Crippen LogP contribution in [0, 0.1) is 5.92 Å². The molecule has 0 saturated carbocycles. The first-order valence-corrected chi connectivity index (χ1v) is 4.42. The van der Waals surface area contributed by atoms with Gasteiger partial charge in [0, 0.05) is 0 Å². The maximum atomic E-state index is 4.09. The van der Waals surface area contributed by atoms with E-state index in [1.807, 2.05) is 13.1 Å². The van der Waals surface area contributed by atoms with E-state index < -0.39 is 0 Å². The second-order valence-corrected chi connectivity index (χ2v) is 2.82. The van der Waals surface area contributed by atoms with Crippen molar-refractivity contribution in [3.05, 3.63) is 12.2 Å². The SMILES string of the molecule is CC=NC/C=C\C(C)CCC. The number of allylic oxidation sites excluding steroid dienone is 1. The second-order valence-electron chi connectivity index (χ2n) is 2.82. The van der Waals surface area contributed by atoms with Crippen LogP contribution in [0.5, 0.6) is 0 Å². The molecule has 0 fully saturated rings. The standard InChI is InChI=1S/C10H19N/c1-4-7-10(3)8-6-9-11-5-2/h5-6,8,10H,4,7,9H2,1-3H3/b8-6-,11-5?. The molecule has 0 saturated heterocycles. The molecule has 0 aromatic heterocycles. The van der Waals surface area contributed by atoms with Crippen LogP contribution >= 0.6 is 0 Å². The summed E-state index contributed by atoms with van der Waals surface area (Å²) in [6.45, 7) is 7.25. The van der Waals surface area contributed by atoms with E-state index in [0.717, 1.165) is 6.54 Å². The number of nitrogens with zero attached hydrogens (tertiary/aromatic N) is 1. The predicted molar refractivity (Wildman–Crippen MR) is 52.2 cm³/mol. The van der Waals surface area contributed by atoms with Crippen molar-refractivity contribution < 1.29 is 0 Å². The minimum atomic E-state index is 0.715. The molecule has 11 heavy (non-hydrogen) atoms. The van der Waals surface area contributed by atoms with Gasteiger partial charge in [0.15, 0.2) is 0 Å². The normalized spacial score (nSPS) is 14.8. The maximum absolute atomic E-state index is 4.09. The van der Waals surface area contributed by atoms with Gasteiger partial charge in [0.1, 0.15) is 0 Å². The van der Waals surface area contributed by atoms with Gasteiger partial charge < -0.3 is 0 Å². The number of rotatable bonds is 5. The molecule has 0 amide bonds. The molecule has 0 heterocycles. The van der Waals surface area contributed by atoms with Crippen LogP contribution in [0.25, 0.3) is 0 Å². The van der Waals surface area contributed by atoms with Gasteiger partial charge in [0.25, 0.3) is 0 Å². The first-order valence-electron chi connectivity index (χ1n) is 4.42. The summed E-state index contributed by atoms with van der Waals surface area (Å²) in [7, 11) is 0. The molecule has 0 aliphatic heterocycles. The van der Waals surface area contributed by atoms with E-state index in [-0.39, 0.29) is 0 Å². The van der Waals surface area contributed by atoms with Crippen molar-refractivity contribution in [3.63, 3.8) is 0 Å². The Morgan fingerprint density at radius 3 is 2.73 bits per heavy atom. The van der Waals surface area contributed by atoms with Gasteiger partial charge >= 0.3 is 0 Å². The zero-order valence-corrected chi connectivity index (χ0v) is 7.88. The van der Waals surface area contributed by atoms with Crippen LogP contribution < -0.4 is 0 Å². The van der Waals surface area contributed by atoms with Gasteiger partial charge in [-0.05, 0) is 25.5 Å². The third-order valence-electron chi connectivity index (χ3n) is 1.60. The lowest BCUT2D eigenvalue weighted by molar-refractivity contribution is 0.633. The lowest BCUT2D eigenvalue weighted by atomic mass is 10.1. The van der Waals surface area contributed by atoms with Gasteiger partial charge in [-0.3, -0.25) is 4.99 Å². The van der Waals surface area contributed by atoms with Gasteiger partial charge in [0.2, 0.25) is 0 Å². The summed E-state index contributed by atoms with van der Waals surface area (Å²) in [5.41, 5.74) is 0. The fourth-order valence-corrected chi connectivity index (χ4v) is 1.01. The van der Waals surface area contributed by atoms with E-state index >= 15 is 0 Å². The monoisotopic (exact) mass is 153 g/mol. The zero-order valence-electron chi connectivity index (χ0n) is 7.88. The van der Waals surface area contributed by atoms with Crippen molar-refractivity contribution in [1.29, 1.82) is 0 Å². The Balaban J connectivity index is 3.39. The van der Waals surface area contributed by atoms with Crippen molar-refractivity contribution in [1.82, 2.24) is 0 Å². The summed E-state index contributed by atoms with van der Waals surface area (Å²) in [5, 5.41) is 0. The van der Waals surface area contributed by atoms with Crippen LogP contribution in [0.15, 0.2) is 17.1 Å². The summed E-state index contributed by atoms with van der Waals surface area (Å²) in [6, 6.07) is 0. The van der Waals surface area contributed by atoms with Gasteiger partial charge in [-0.1, -0.05) is 32.4 Å². The summed E-state index contributed by atoms with van der Waals surface area (Å²) >= 11 is 0. The largest absolute Gasteiger partial charge is 0.294 e. The highest BCUT2D eigenvalue weighted by Crippen LogP contribution is 2.05. The molecule has 1 nitrogen and oxygen atoms in total. The van der Waals surface area contributed by atoms with E-state index in [2.05, 4.69) is 31.0 Å². The Labute approximate surface area is 70.2 Å². The topological polar surface area (TPSA) is 12.4 Å². The highest BCUT2D eigenvalue weighted by atomic mass is 14.7. The van der Waals surface area contributed by atoms with E-state index in [1.165, 1.54) is 12.8 Å². The Hall–Kier alpha value is -0.590. The van der Waals surface area contributed by atoms with Crippen LogP contribution in [0.4, 0.5) is 0 Å². The molecule has 0 aromatic carbocycles. The van der Waals surface area contributed by atoms with Crippen LogP contribution in [0.3, 0.4) is 0 Å². The zero-order chi connectivity index (χ0) is 8.53. The van der Waals surface area contributed by atoms with Crippen molar-refractivity contribution >= 4 is 6.21 Å². The van der Waals surface area contributed by atoms with Crippen molar-refractivity contribution in [2.45, 2.75) is 33.6 Å². The summed E-state index contributed by atoms with van der Waals surface area (Å²) in [4.78, 5) is 4.09. The summed E-state index contributed by atoms with van der Waals surface area (Å²) in [6.07, 6.45) is 8.78. The first kappa shape index (κ1) is 10.4. The van der Waals surface area contributed by atoms with Crippen molar-refractivity contribution in [2.24, 2.45) is 10.9 Å². The van der Waals surface area contributed by atoms with Crippen molar-refractivity contribution in [2.75, 3.05) is 6.54 Å². The number of aliphatic imine (C=N–C) groups is 1. The summed E-state index contributed by atoms with van der Waals surface area (Å²) < 4.78 is 0. The molecule has 1 heteroatoms. The number of hydrogen-bond donors (Lipinski definition) is 0. The number of hydrogen-bond acceptors (Lipinski definition) is 1. The predicted octanol–water partition coefficient (Wildman–Crippen LogP) is 3.07. The third-order valence-corrected chi connectivity index (χ3v) is 1.60. The molecule has 1 atom stereocenters. The van der Waals surface area contributed by atoms with Crippen LogP contribution in [0.2, 0.25) is 0 Å². The second kappa shape index (κ2) is 7.52. The molecule has 64 valence electrons. The van der Waals surface area contributed by atoms with Gasteiger partial charge in [0.05, 0.1) is 6.54 Å². The summed E-state index contributed by atoms with van der Waals surface area (Å²) in [5.74, 6) is 0.715. The molecule has 1 unspecified atom stereocenters. The molecule has 0 aromatic rings. The van der Waals surface area contributed by atoms with E-state index in [1.54, 1.807) is 0 Å². The highest BCUT2D eigenvalue weighted by Gasteiger charge is 1.91. The van der Waals surface area contributed by atoms with Gasteiger partial charge in [-0.25, -0.2) is 0 Å². The third kappa shape index (κ3) is 7.31. The smallest absolute Gasteiger partial charge is 0.0566 e. The molecule has 0 N–H and O–H groups in total. The average molecular weight is 153 g/mol. The first-order chi connectivity index (χ1) is 5.31. The molecule has 0 rings (SSSR count). The molecule has 0 aliphatic rings. The van der Waals surface area contributed by atoms with Crippen molar-refractivity contribution in [3.8, 4) is 0 Å². The molecular weight excluding hydrogens is 134 g/mol. The fourth-order valence-electron chi connectivity index (χ4n) is 1.01. The van der Waals surface area contributed by atoms with Crippen LogP contribution in [-0.2, 0) is 0 Å². The average Bonchev–Trinajstić information content (AvgIpc) is 1.99. The lowest BCUT2D eigenvalue weighted by Gasteiger charge is -2.00. The lowest BCUT2D eigenvalue weighted by Crippen LogP contribution is -1.87. The Kier molecular flexibility index (Phi) is 7.11. The minimum Gasteiger partial charge on any atom is -0.294 e. The van der Waals surface area contributed by atoms with Crippen LogP contribution in [0.1, 0.15) is 33.6 Å². The van der Waals surface area contributed by atoms with E-state index in [9.17, 15) is 0 Å². The molecule has 0 spiro atoms. The minimum absolute atomic E-state index is 0.715. The van der Waals surface area contributed by atoms with Crippen LogP contribution in [-0.4, -0.2) is 12.8 Å². The Morgan fingerprint density at radius 1 is 1.45 bits per heavy atom. The fraction of sp³-hybridized carbons (Fsp3) is 0.700. The molecule has 0 aliphatic carbocycles. The van der Waals surface area contributed by atoms with Gasteiger partial charge in [-0.2, -0.15) is 0 Å².